The highest BCUT2D eigenvalue weighted by Crippen LogP contribution is 2.17. The third-order valence-corrected chi connectivity index (χ3v) is 2.25. The Hall–Kier alpha value is -0.160. The lowest BCUT2D eigenvalue weighted by atomic mass is 10.1. The summed E-state index contributed by atoms with van der Waals surface area (Å²) in [6.45, 7) is 2.98. The predicted octanol–water partition coefficient (Wildman–Crippen LogP) is -0.0763. The molecule has 0 aromatic heterocycles. The Kier molecular flexibility index (Phi) is 4.66. The maximum absolute atomic E-state index is 9.54. The van der Waals surface area contributed by atoms with E-state index in [1.54, 1.807) is 0 Å². The molecule has 4 nitrogen and oxygen atoms in total. The first-order chi connectivity index (χ1) is 6.29. The van der Waals surface area contributed by atoms with Gasteiger partial charge < -0.3 is 19.7 Å². The molecule has 1 aliphatic rings. The summed E-state index contributed by atoms with van der Waals surface area (Å²) in [6.07, 6.45) is 0.664. The van der Waals surface area contributed by atoms with Gasteiger partial charge in [-0.05, 0) is 6.42 Å². The Morgan fingerprint density at radius 2 is 2.31 bits per heavy atom. The zero-order valence-electron chi connectivity index (χ0n) is 7.98. The van der Waals surface area contributed by atoms with Crippen LogP contribution < -0.4 is 0 Å². The molecule has 0 aromatic carbocycles. The van der Waals surface area contributed by atoms with Gasteiger partial charge in [-0.1, -0.05) is 13.3 Å². The molecule has 0 bridgehead atoms. The van der Waals surface area contributed by atoms with Crippen molar-refractivity contribution in [3.63, 3.8) is 0 Å². The molecule has 0 unspecified atom stereocenters. The molecule has 0 spiro atoms. The molecule has 0 amide bonds. The van der Waals surface area contributed by atoms with Gasteiger partial charge in [0, 0.05) is 6.61 Å². The molecule has 1 saturated heterocycles. The number of aliphatic hydroxyl groups excluding tert-OH is 2. The number of aliphatic hydroxyl groups is 2. The predicted molar refractivity (Wildman–Crippen MR) is 47.5 cm³/mol. The van der Waals surface area contributed by atoms with Gasteiger partial charge in [-0.3, -0.25) is 0 Å². The molecule has 1 rings (SSSR count). The summed E-state index contributed by atoms with van der Waals surface area (Å²) in [4.78, 5) is 0. The Morgan fingerprint density at radius 1 is 1.54 bits per heavy atom. The normalized spacial score (nSPS) is 33.9. The van der Waals surface area contributed by atoms with Crippen molar-refractivity contribution in [1.29, 1.82) is 0 Å². The van der Waals surface area contributed by atoms with Crippen LogP contribution in [0.15, 0.2) is 0 Å². The summed E-state index contributed by atoms with van der Waals surface area (Å²) in [7, 11) is 0. The van der Waals surface area contributed by atoms with E-state index in [0.717, 1.165) is 12.8 Å². The van der Waals surface area contributed by atoms with E-state index in [0.29, 0.717) is 13.2 Å². The molecule has 0 aliphatic carbocycles. The van der Waals surface area contributed by atoms with E-state index in [2.05, 4.69) is 6.92 Å². The smallest absolute Gasteiger partial charge is 0.111 e. The fourth-order valence-electron chi connectivity index (χ4n) is 1.34. The van der Waals surface area contributed by atoms with Crippen LogP contribution in [0.3, 0.4) is 0 Å². The van der Waals surface area contributed by atoms with Crippen molar-refractivity contribution in [2.75, 3.05) is 19.8 Å². The summed E-state index contributed by atoms with van der Waals surface area (Å²) in [5.41, 5.74) is 0. The lowest BCUT2D eigenvalue weighted by Gasteiger charge is -2.15. The number of hydrogen-bond acceptors (Lipinski definition) is 4. The van der Waals surface area contributed by atoms with Crippen LogP contribution in [-0.2, 0) is 9.47 Å². The average Bonchev–Trinajstić information content (AvgIpc) is 2.48. The molecular formula is C9H18O4. The van der Waals surface area contributed by atoms with E-state index in [4.69, 9.17) is 14.6 Å². The molecule has 4 heteroatoms. The van der Waals surface area contributed by atoms with Crippen molar-refractivity contribution in [2.45, 2.75) is 38.1 Å². The Balaban J connectivity index is 2.20. The van der Waals surface area contributed by atoms with Crippen LogP contribution in [0.4, 0.5) is 0 Å². The van der Waals surface area contributed by atoms with E-state index >= 15 is 0 Å². The zero-order chi connectivity index (χ0) is 9.68. The number of hydrogen-bond donors (Lipinski definition) is 2. The highest BCUT2D eigenvalue weighted by molar-refractivity contribution is 4.83. The third kappa shape index (κ3) is 2.91. The Labute approximate surface area is 78.5 Å². The maximum atomic E-state index is 9.54. The number of rotatable bonds is 5. The molecule has 78 valence electrons. The lowest BCUT2D eigenvalue weighted by molar-refractivity contribution is -0.0285. The molecule has 0 aromatic rings. The van der Waals surface area contributed by atoms with Crippen molar-refractivity contribution < 1.29 is 19.7 Å². The molecule has 3 atom stereocenters. The van der Waals surface area contributed by atoms with Crippen molar-refractivity contribution in [3.05, 3.63) is 0 Å². The quantitative estimate of drug-likeness (QED) is 0.595. The van der Waals surface area contributed by atoms with Crippen LogP contribution in [0.5, 0.6) is 0 Å². The van der Waals surface area contributed by atoms with Crippen molar-refractivity contribution in [2.24, 2.45) is 0 Å². The molecule has 1 fully saturated rings. The largest absolute Gasteiger partial charge is 0.394 e. The van der Waals surface area contributed by atoms with Crippen LogP contribution in [0.2, 0.25) is 0 Å². The highest BCUT2D eigenvalue weighted by atomic mass is 16.6. The first kappa shape index (κ1) is 10.9. The minimum atomic E-state index is -0.679. The lowest BCUT2D eigenvalue weighted by Crippen LogP contribution is -2.34. The topological polar surface area (TPSA) is 58.9 Å². The monoisotopic (exact) mass is 190 g/mol. The van der Waals surface area contributed by atoms with Crippen LogP contribution in [0.1, 0.15) is 19.8 Å². The fraction of sp³-hybridized carbons (Fsp3) is 1.00. The summed E-state index contributed by atoms with van der Waals surface area (Å²) in [5.74, 6) is 0. The van der Waals surface area contributed by atoms with E-state index in [-0.39, 0.29) is 12.7 Å². The number of unbranched alkanes of at least 4 members (excludes halogenated alkanes) is 1. The Morgan fingerprint density at radius 3 is 2.85 bits per heavy atom. The summed E-state index contributed by atoms with van der Waals surface area (Å²) < 4.78 is 10.5. The molecule has 2 N–H and O–H groups in total. The van der Waals surface area contributed by atoms with Gasteiger partial charge in [0.05, 0.1) is 13.2 Å². The molecule has 1 heterocycles. The minimum Gasteiger partial charge on any atom is -0.394 e. The first-order valence-corrected chi connectivity index (χ1v) is 4.81. The van der Waals surface area contributed by atoms with Crippen molar-refractivity contribution in [1.82, 2.24) is 0 Å². The summed E-state index contributed by atoms with van der Waals surface area (Å²) in [6, 6.07) is 0. The van der Waals surface area contributed by atoms with Crippen molar-refractivity contribution >= 4 is 0 Å². The molecule has 0 radical (unpaired) electrons. The van der Waals surface area contributed by atoms with E-state index in [9.17, 15) is 5.11 Å². The SMILES string of the molecule is CCCCO[C@@H]1CO[C@H](CO)[C@@H]1O. The van der Waals surface area contributed by atoms with Crippen LogP contribution in [0.25, 0.3) is 0 Å². The van der Waals surface area contributed by atoms with Gasteiger partial charge in [-0.2, -0.15) is 0 Å². The molecule has 1 aliphatic heterocycles. The van der Waals surface area contributed by atoms with Crippen LogP contribution >= 0.6 is 0 Å². The van der Waals surface area contributed by atoms with Gasteiger partial charge in [0.2, 0.25) is 0 Å². The second-order valence-electron chi connectivity index (χ2n) is 3.31. The average molecular weight is 190 g/mol. The van der Waals surface area contributed by atoms with Crippen LogP contribution in [-0.4, -0.2) is 48.3 Å². The van der Waals surface area contributed by atoms with E-state index in [1.165, 1.54) is 0 Å². The molecule has 13 heavy (non-hydrogen) atoms. The maximum Gasteiger partial charge on any atom is 0.111 e. The first-order valence-electron chi connectivity index (χ1n) is 4.81. The zero-order valence-corrected chi connectivity index (χ0v) is 7.98. The van der Waals surface area contributed by atoms with Gasteiger partial charge in [-0.25, -0.2) is 0 Å². The van der Waals surface area contributed by atoms with Gasteiger partial charge >= 0.3 is 0 Å². The van der Waals surface area contributed by atoms with E-state index in [1.807, 2.05) is 0 Å². The van der Waals surface area contributed by atoms with Gasteiger partial charge in [0.15, 0.2) is 0 Å². The van der Waals surface area contributed by atoms with Crippen molar-refractivity contribution in [3.8, 4) is 0 Å². The molecule has 0 saturated carbocycles. The van der Waals surface area contributed by atoms with Crippen LogP contribution in [0, 0.1) is 0 Å². The minimum absolute atomic E-state index is 0.144. The van der Waals surface area contributed by atoms with Gasteiger partial charge in [-0.15, -0.1) is 0 Å². The highest BCUT2D eigenvalue weighted by Gasteiger charge is 2.35. The molecular weight excluding hydrogens is 172 g/mol. The summed E-state index contributed by atoms with van der Waals surface area (Å²) in [5, 5.41) is 18.3. The standard InChI is InChI=1S/C9H18O4/c1-2-3-4-12-8-6-13-7(5-10)9(8)11/h7-11H,2-6H2,1H3/t7-,8-,9+/m1/s1. The van der Waals surface area contributed by atoms with Gasteiger partial charge in [0.25, 0.3) is 0 Å². The van der Waals surface area contributed by atoms with Gasteiger partial charge in [0.1, 0.15) is 18.3 Å². The summed E-state index contributed by atoms with van der Waals surface area (Å²) >= 11 is 0. The second kappa shape index (κ2) is 5.54. The van der Waals surface area contributed by atoms with E-state index < -0.39 is 12.2 Å². The number of ether oxygens (including phenoxy) is 2. The Bertz CT molecular complexity index is 140. The second-order valence-corrected chi connectivity index (χ2v) is 3.31. The fourth-order valence-corrected chi connectivity index (χ4v) is 1.34. The third-order valence-electron chi connectivity index (χ3n) is 2.25.